The van der Waals surface area contributed by atoms with Gasteiger partial charge in [0.25, 0.3) is 0 Å². The molecule has 0 N–H and O–H groups in total. The smallest absolute Gasteiger partial charge is 0 e. The SMILES string of the molecule is C1=C\C=C/C=C\C=C/1.C1=C\C=C/C=C\C=C/1.[K].[Pr]. The first-order valence-electron chi connectivity index (χ1n) is 5.33. The Labute approximate surface area is 186 Å². The molecule has 0 unspecified atom stereocenters. The van der Waals surface area contributed by atoms with Crippen LogP contribution in [0.1, 0.15) is 0 Å². The molecule has 0 saturated heterocycles. The van der Waals surface area contributed by atoms with Crippen LogP contribution in [0.15, 0.2) is 97.2 Å². The Kier molecular flexibility index (Phi) is 21.1. The van der Waals surface area contributed by atoms with E-state index in [1.807, 2.05) is 97.2 Å². The van der Waals surface area contributed by atoms with Crippen LogP contribution < -0.4 is 0 Å². The average Bonchev–Trinajstić information content (AvgIpc) is 2.15. The van der Waals surface area contributed by atoms with Gasteiger partial charge in [-0.2, -0.15) is 0 Å². The predicted octanol–water partition coefficient (Wildman–Crippen LogP) is 4.07. The number of allylic oxidation sites excluding steroid dienone is 16. The third kappa shape index (κ3) is 15.0. The summed E-state index contributed by atoms with van der Waals surface area (Å²) in [6.45, 7) is 0. The maximum Gasteiger partial charge on any atom is 0 e. The van der Waals surface area contributed by atoms with Crippen LogP contribution in [0, 0.1) is 41.3 Å². The molecular formula is C16H16KPr. The molecule has 0 aromatic rings. The molecule has 0 aromatic heterocycles. The normalized spacial score (nSPS) is 28.4. The van der Waals surface area contributed by atoms with E-state index >= 15 is 0 Å². The quantitative estimate of drug-likeness (QED) is 0.549. The fourth-order valence-electron chi connectivity index (χ4n) is 1.03. The average molecular weight is 388 g/mol. The van der Waals surface area contributed by atoms with Crippen molar-refractivity contribution in [3.63, 3.8) is 0 Å². The minimum atomic E-state index is 0. The van der Waals surface area contributed by atoms with Gasteiger partial charge in [-0.15, -0.1) is 0 Å². The zero-order valence-corrected chi connectivity index (χ0v) is 17.6. The van der Waals surface area contributed by atoms with E-state index in [0.29, 0.717) is 0 Å². The van der Waals surface area contributed by atoms with Crippen LogP contribution in [-0.2, 0) is 0 Å². The monoisotopic (exact) mass is 388 g/mol. The van der Waals surface area contributed by atoms with Crippen molar-refractivity contribution in [1.82, 2.24) is 0 Å². The number of hydrogen-bond acceptors (Lipinski definition) is 0. The van der Waals surface area contributed by atoms with Gasteiger partial charge in [-0.3, -0.25) is 0 Å². The second-order valence-corrected chi connectivity index (χ2v) is 3.08. The Morgan fingerprint density at radius 2 is 0.278 bits per heavy atom. The van der Waals surface area contributed by atoms with E-state index in [0.717, 1.165) is 0 Å². The van der Waals surface area contributed by atoms with Crippen molar-refractivity contribution in [2.45, 2.75) is 0 Å². The number of rotatable bonds is 0. The van der Waals surface area contributed by atoms with E-state index in [1.54, 1.807) is 0 Å². The van der Waals surface area contributed by atoms with Gasteiger partial charge < -0.3 is 0 Å². The molecule has 2 heteroatoms. The molecule has 2 rings (SSSR count). The first-order chi connectivity index (χ1) is 8.00. The molecule has 0 saturated carbocycles. The Balaban J connectivity index is 0. The topological polar surface area (TPSA) is 0 Å². The van der Waals surface area contributed by atoms with Crippen LogP contribution in [0.3, 0.4) is 0 Å². The van der Waals surface area contributed by atoms with E-state index in [1.165, 1.54) is 0 Å². The van der Waals surface area contributed by atoms with Gasteiger partial charge in [-0.05, 0) is 0 Å². The van der Waals surface area contributed by atoms with Crippen molar-refractivity contribution in [3.05, 3.63) is 97.2 Å². The van der Waals surface area contributed by atoms with Gasteiger partial charge in [0.05, 0.1) is 0 Å². The molecule has 0 aromatic carbocycles. The zero-order valence-electron chi connectivity index (χ0n) is 10.8. The van der Waals surface area contributed by atoms with Gasteiger partial charge in [0.2, 0.25) is 0 Å². The van der Waals surface area contributed by atoms with Crippen LogP contribution in [0.25, 0.3) is 0 Å². The zero-order chi connectivity index (χ0) is 11.3. The van der Waals surface area contributed by atoms with Crippen molar-refractivity contribution in [2.24, 2.45) is 0 Å². The van der Waals surface area contributed by atoms with Crippen LogP contribution >= 0.6 is 0 Å². The van der Waals surface area contributed by atoms with E-state index < -0.39 is 0 Å². The molecule has 0 heterocycles. The molecule has 84 valence electrons. The first kappa shape index (κ1) is 21.2. The minimum Gasteiger partial charge on any atom is -0.0623 e. The van der Waals surface area contributed by atoms with Gasteiger partial charge in [-0.25, -0.2) is 0 Å². The molecule has 2 radical (unpaired) electrons. The Morgan fingerprint density at radius 3 is 0.333 bits per heavy atom. The maximum atomic E-state index is 2.00. The molecule has 0 spiro atoms. The summed E-state index contributed by atoms with van der Waals surface area (Å²) < 4.78 is 0. The van der Waals surface area contributed by atoms with Gasteiger partial charge in [-0.1, -0.05) is 97.2 Å². The molecule has 0 bridgehead atoms. The van der Waals surface area contributed by atoms with Gasteiger partial charge in [0, 0.05) is 92.7 Å². The molecule has 2 aliphatic carbocycles. The molecule has 0 aliphatic heterocycles. The van der Waals surface area contributed by atoms with Crippen LogP contribution in [-0.4, -0.2) is 51.4 Å². The van der Waals surface area contributed by atoms with Crippen molar-refractivity contribution in [1.29, 1.82) is 0 Å². The van der Waals surface area contributed by atoms with Crippen LogP contribution in [0.4, 0.5) is 0 Å². The summed E-state index contributed by atoms with van der Waals surface area (Å²) in [5, 5.41) is 0. The van der Waals surface area contributed by atoms with Gasteiger partial charge >= 0.3 is 0 Å². The summed E-state index contributed by atoms with van der Waals surface area (Å²) in [5.41, 5.74) is 0. The fraction of sp³-hybridized carbons (Fsp3) is 0. The summed E-state index contributed by atoms with van der Waals surface area (Å²) in [4.78, 5) is 0. The third-order valence-electron chi connectivity index (χ3n) is 1.78. The third-order valence-corrected chi connectivity index (χ3v) is 1.78. The molecule has 2 aliphatic rings. The maximum absolute atomic E-state index is 2.00. The van der Waals surface area contributed by atoms with Crippen molar-refractivity contribution in [3.8, 4) is 0 Å². The minimum absolute atomic E-state index is 0. The molecule has 0 atom stereocenters. The standard InChI is InChI=1S/2C8H8.K.Pr/c2*1-2-4-6-8-7-5-3-1;;/h2*1-8H;;/b2*2-1-,3-1?,4-2?,5-3-,6-4-,7-5?,8-6?,8-7-;;. The Bertz CT molecular complexity index is 253. The fourth-order valence-corrected chi connectivity index (χ4v) is 1.03. The van der Waals surface area contributed by atoms with Crippen molar-refractivity contribution >= 4 is 51.4 Å². The molecule has 0 nitrogen and oxygen atoms in total. The Morgan fingerprint density at radius 1 is 0.222 bits per heavy atom. The molecule has 18 heavy (non-hydrogen) atoms. The molecule has 0 fully saturated rings. The largest absolute Gasteiger partial charge is 0.0623 e. The summed E-state index contributed by atoms with van der Waals surface area (Å²) in [6, 6.07) is 0. The van der Waals surface area contributed by atoms with Crippen molar-refractivity contribution in [2.75, 3.05) is 0 Å². The van der Waals surface area contributed by atoms with E-state index in [2.05, 4.69) is 0 Å². The molecule has 0 amide bonds. The summed E-state index contributed by atoms with van der Waals surface area (Å²) in [6.07, 6.45) is 32.0. The van der Waals surface area contributed by atoms with E-state index in [4.69, 9.17) is 0 Å². The predicted molar refractivity (Wildman–Crippen MR) is 78.9 cm³/mol. The Hall–Kier alpha value is 0.920. The van der Waals surface area contributed by atoms with Gasteiger partial charge in [0.1, 0.15) is 0 Å². The van der Waals surface area contributed by atoms with Crippen molar-refractivity contribution < 1.29 is 41.3 Å². The summed E-state index contributed by atoms with van der Waals surface area (Å²) in [7, 11) is 0. The summed E-state index contributed by atoms with van der Waals surface area (Å²) in [5.74, 6) is 0. The van der Waals surface area contributed by atoms with E-state index in [-0.39, 0.29) is 92.7 Å². The molecular weight excluding hydrogens is 372 g/mol. The van der Waals surface area contributed by atoms with Crippen LogP contribution in [0.2, 0.25) is 0 Å². The number of hydrogen-bond donors (Lipinski definition) is 0. The van der Waals surface area contributed by atoms with Crippen LogP contribution in [0.5, 0.6) is 0 Å². The van der Waals surface area contributed by atoms with E-state index in [9.17, 15) is 0 Å². The first-order valence-corrected chi connectivity index (χ1v) is 5.33. The van der Waals surface area contributed by atoms with Gasteiger partial charge in [0.15, 0.2) is 0 Å². The second kappa shape index (κ2) is 17.9. The second-order valence-electron chi connectivity index (χ2n) is 3.08. The summed E-state index contributed by atoms with van der Waals surface area (Å²) >= 11 is 0.